The third-order valence-corrected chi connectivity index (χ3v) is 6.01. The number of ether oxygens (including phenoxy) is 1. The van der Waals surface area contributed by atoms with Crippen LogP contribution in [0, 0.1) is 12.8 Å². The minimum Gasteiger partial charge on any atom is -0.507 e. The number of amides is 3. The van der Waals surface area contributed by atoms with Crippen LogP contribution < -0.4 is 10.6 Å². The lowest BCUT2D eigenvalue weighted by molar-refractivity contribution is -0.149. The van der Waals surface area contributed by atoms with Crippen LogP contribution >= 0.6 is 0 Å². The van der Waals surface area contributed by atoms with E-state index in [4.69, 9.17) is 4.74 Å². The van der Waals surface area contributed by atoms with Crippen molar-refractivity contribution >= 4 is 17.9 Å². The maximum atomic E-state index is 14.2. The normalized spacial score (nSPS) is 14.4. The van der Waals surface area contributed by atoms with Crippen molar-refractivity contribution in [1.82, 2.24) is 15.5 Å². The molecule has 8 heteroatoms. The highest BCUT2D eigenvalue weighted by Crippen LogP contribution is 2.36. The number of benzene rings is 1. The van der Waals surface area contributed by atoms with E-state index >= 15 is 0 Å². The fraction of sp³-hybridized carbons (Fsp3) is 0.679. The molecular weight excluding hydrogens is 458 g/mol. The number of carbonyl (C=O) groups is 3. The van der Waals surface area contributed by atoms with Gasteiger partial charge in [0.15, 0.2) is 0 Å². The molecule has 3 unspecified atom stereocenters. The fourth-order valence-electron chi connectivity index (χ4n) is 3.90. The zero-order chi connectivity index (χ0) is 27.8. The Morgan fingerprint density at radius 1 is 1.08 bits per heavy atom. The Balaban J connectivity index is 3.64. The molecule has 1 aromatic carbocycles. The number of aryl methyl sites for hydroxylation is 1. The number of rotatable bonds is 10. The van der Waals surface area contributed by atoms with Crippen molar-refractivity contribution in [3.8, 4) is 5.75 Å². The molecule has 0 radical (unpaired) electrons. The molecule has 0 spiro atoms. The number of aromatic hydroxyl groups is 1. The van der Waals surface area contributed by atoms with Crippen molar-refractivity contribution < 1.29 is 24.2 Å². The van der Waals surface area contributed by atoms with Crippen LogP contribution in [0.15, 0.2) is 18.2 Å². The van der Waals surface area contributed by atoms with E-state index in [1.807, 2.05) is 41.5 Å². The number of para-hydroxylation sites is 1. The number of nitrogens with zero attached hydrogens (tertiary/aromatic N) is 1. The molecule has 204 valence electrons. The zero-order valence-electron chi connectivity index (χ0n) is 23.8. The van der Waals surface area contributed by atoms with Gasteiger partial charge in [0.05, 0.1) is 0 Å². The molecule has 3 N–H and O–H groups in total. The minimum absolute atomic E-state index is 0.0321. The fourth-order valence-corrected chi connectivity index (χ4v) is 3.90. The van der Waals surface area contributed by atoms with E-state index in [0.29, 0.717) is 24.1 Å². The Kier molecular flexibility index (Phi) is 11.3. The van der Waals surface area contributed by atoms with Gasteiger partial charge in [0.25, 0.3) is 0 Å². The minimum atomic E-state index is -1.10. The van der Waals surface area contributed by atoms with Crippen LogP contribution in [-0.2, 0) is 14.3 Å². The topological polar surface area (TPSA) is 108 Å². The molecule has 0 aliphatic rings. The highest BCUT2D eigenvalue weighted by atomic mass is 16.6. The number of hydrogen-bond acceptors (Lipinski definition) is 5. The summed E-state index contributed by atoms with van der Waals surface area (Å²) in [7, 11) is 0. The molecule has 0 heterocycles. The molecule has 8 nitrogen and oxygen atoms in total. The highest BCUT2D eigenvalue weighted by molar-refractivity contribution is 5.93. The van der Waals surface area contributed by atoms with Crippen molar-refractivity contribution in [3.05, 3.63) is 29.3 Å². The van der Waals surface area contributed by atoms with Crippen molar-refractivity contribution in [3.63, 3.8) is 0 Å². The number of unbranched alkanes of at least 4 members (excludes halogenated alkanes) is 1. The Morgan fingerprint density at radius 3 is 2.19 bits per heavy atom. The first-order valence-corrected chi connectivity index (χ1v) is 12.9. The summed E-state index contributed by atoms with van der Waals surface area (Å²) in [5.41, 5.74) is -0.606. The summed E-state index contributed by atoms with van der Waals surface area (Å²) in [6.07, 6.45) is 1.61. The third kappa shape index (κ3) is 8.71. The number of hydrogen-bond donors (Lipinski definition) is 3. The van der Waals surface area contributed by atoms with Crippen LogP contribution in [0.2, 0.25) is 0 Å². The maximum Gasteiger partial charge on any atom is 0.408 e. The summed E-state index contributed by atoms with van der Waals surface area (Å²) < 4.78 is 5.43. The van der Waals surface area contributed by atoms with E-state index in [-0.39, 0.29) is 17.6 Å². The van der Waals surface area contributed by atoms with Gasteiger partial charge in [0.2, 0.25) is 11.8 Å². The predicted octanol–water partition coefficient (Wildman–Crippen LogP) is 5.22. The van der Waals surface area contributed by atoms with Gasteiger partial charge in [-0.1, -0.05) is 51.8 Å². The Labute approximate surface area is 217 Å². The van der Waals surface area contributed by atoms with E-state index in [2.05, 4.69) is 10.6 Å². The molecule has 1 aromatic rings. The maximum absolute atomic E-state index is 14.2. The monoisotopic (exact) mass is 505 g/mol. The van der Waals surface area contributed by atoms with E-state index in [1.165, 1.54) is 4.90 Å². The summed E-state index contributed by atoms with van der Waals surface area (Å²) in [4.78, 5) is 42.0. The summed E-state index contributed by atoms with van der Waals surface area (Å²) in [6, 6.07) is 3.15. The van der Waals surface area contributed by atoms with Crippen molar-refractivity contribution in [2.24, 2.45) is 5.92 Å². The second-order valence-corrected chi connectivity index (χ2v) is 11.4. The van der Waals surface area contributed by atoms with E-state index < -0.39 is 35.2 Å². The molecule has 3 atom stereocenters. The number of nitrogens with one attached hydrogen (secondary N) is 2. The molecule has 0 saturated carbocycles. The quantitative estimate of drug-likeness (QED) is 0.378. The van der Waals surface area contributed by atoms with Gasteiger partial charge in [-0.15, -0.1) is 0 Å². The average Bonchev–Trinajstić information content (AvgIpc) is 2.75. The second-order valence-electron chi connectivity index (χ2n) is 11.4. The average molecular weight is 506 g/mol. The first-order valence-electron chi connectivity index (χ1n) is 12.9. The first-order chi connectivity index (χ1) is 16.5. The van der Waals surface area contributed by atoms with Gasteiger partial charge in [-0.25, -0.2) is 4.79 Å². The summed E-state index contributed by atoms with van der Waals surface area (Å²) in [5.74, 6) is -1.06. The standard InChI is InChI=1S/C28H47N3O5/c1-11-13-17-29-24(33)22(20-16-14-15-19(4)23(20)32)31(27(5,6)7)25(34)21(18(3)12-2)30-26(35)36-28(8,9)10/h14-16,18,21-22,32H,11-13,17H2,1-10H3,(H,29,33)(H,30,35). The summed E-state index contributed by atoms with van der Waals surface area (Å²) in [5, 5.41) is 16.6. The predicted molar refractivity (Wildman–Crippen MR) is 143 cm³/mol. The lowest BCUT2D eigenvalue weighted by Crippen LogP contribution is -2.60. The molecule has 3 amide bonds. The van der Waals surface area contributed by atoms with Gasteiger partial charge in [-0.2, -0.15) is 0 Å². The first kappa shape index (κ1) is 31.3. The molecule has 0 aliphatic carbocycles. The molecule has 0 bridgehead atoms. The summed E-state index contributed by atoms with van der Waals surface area (Å²) in [6.45, 7) is 18.8. The van der Waals surface area contributed by atoms with Gasteiger partial charge >= 0.3 is 6.09 Å². The Hall–Kier alpha value is -2.77. The smallest absolute Gasteiger partial charge is 0.408 e. The second kappa shape index (κ2) is 13.0. The van der Waals surface area contributed by atoms with Gasteiger partial charge in [0.1, 0.15) is 23.4 Å². The Morgan fingerprint density at radius 2 is 1.69 bits per heavy atom. The van der Waals surface area contributed by atoms with E-state index in [1.54, 1.807) is 45.9 Å². The van der Waals surface area contributed by atoms with Gasteiger partial charge in [0, 0.05) is 17.6 Å². The molecule has 0 fully saturated rings. The number of alkyl carbamates (subject to hydrolysis) is 1. The zero-order valence-corrected chi connectivity index (χ0v) is 23.8. The molecule has 0 aromatic heterocycles. The number of carbonyl (C=O) groups excluding carboxylic acids is 3. The van der Waals surface area contributed by atoms with Crippen molar-refractivity contribution in [1.29, 1.82) is 0 Å². The van der Waals surface area contributed by atoms with Crippen LogP contribution in [0.3, 0.4) is 0 Å². The molecule has 1 rings (SSSR count). The number of phenolic OH excluding ortho intramolecular Hbond substituents is 1. The van der Waals surface area contributed by atoms with E-state index in [0.717, 1.165) is 12.8 Å². The van der Waals surface area contributed by atoms with Gasteiger partial charge in [-0.05, 0) is 66.4 Å². The van der Waals surface area contributed by atoms with Gasteiger partial charge in [-0.3, -0.25) is 9.59 Å². The number of phenols is 1. The van der Waals surface area contributed by atoms with Crippen LogP contribution in [-0.4, -0.2) is 51.6 Å². The molecule has 0 aliphatic heterocycles. The third-order valence-electron chi connectivity index (χ3n) is 6.01. The molecular formula is C28H47N3O5. The van der Waals surface area contributed by atoms with Gasteiger partial charge < -0.3 is 25.4 Å². The van der Waals surface area contributed by atoms with Crippen molar-refractivity contribution in [2.45, 2.75) is 112 Å². The van der Waals surface area contributed by atoms with Crippen LogP contribution in [0.5, 0.6) is 5.75 Å². The molecule has 0 saturated heterocycles. The van der Waals surface area contributed by atoms with Crippen LogP contribution in [0.25, 0.3) is 0 Å². The van der Waals surface area contributed by atoms with Crippen molar-refractivity contribution in [2.75, 3.05) is 6.54 Å². The SMILES string of the molecule is CCCCNC(=O)C(c1cccc(C)c1O)N(C(=O)C(NC(=O)OC(C)(C)C)C(C)CC)C(C)(C)C. The molecule has 36 heavy (non-hydrogen) atoms. The van der Waals surface area contributed by atoms with Crippen LogP contribution in [0.4, 0.5) is 4.79 Å². The Bertz CT molecular complexity index is 901. The highest BCUT2D eigenvalue weighted by Gasteiger charge is 2.44. The summed E-state index contributed by atoms with van der Waals surface area (Å²) >= 11 is 0. The largest absolute Gasteiger partial charge is 0.507 e. The van der Waals surface area contributed by atoms with Crippen LogP contribution in [0.1, 0.15) is 98.7 Å². The van der Waals surface area contributed by atoms with E-state index in [9.17, 15) is 19.5 Å². The lowest BCUT2D eigenvalue weighted by atomic mass is 9.91. The lowest BCUT2D eigenvalue weighted by Gasteiger charge is -2.44.